The van der Waals surface area contributed by atoms with Gasteiger partial charge >= 0.3 is 0 Å². The summed E-state index contributed by atoms with van der Waals surface area (Å²) >= 11 is 5.21. The fraction of sp³-hybridized carbons (Fsp3) is 0.667. The van der Waals surface area contributed by atoms with Crippen LogP contribution in [0.4, 0.5) is 0 Å². The van der Waals surface area contributed by atoms with Crippen LogP contribution in [0, 0.1) is 0 Å². The van der Waals surface area contributed by atoms with E-state index in [-0.39, 0.29) is 0 Å². The molecular formula is C12H18BrNOS. The lowest BCUT2D eigenvalue weighted by Gasteiger charge is -2.24. The van der Waals surface area contributed by atoms with Gasteiger partial charge in [-0.05, 0) is 41.8 Å². The molecule has 0 bridgehead atoms. The molecule has 1 heterocycles. The number of thiophene rings is 1. The quantitative estimate of drug-likeness (QED) is 0.909. The molecule has 1 N–H and O–H groups in total. The Hall–Kier alpha value is -0.0600. The van der Waals surface area contributed by atoms with Crippen molar-refractivity contribution in [1.29, 1.82) is 0 Å². The minimum absolute atomic E-state index is 0.351. The summed E-state index contributed by atoms with van der Waals surface area (Å²) in [7, 11) is 1.71. The van der Waals surface area contributed by atoms with Gasteiger partial charge in [0.2, 0.25) is 0 Å². The van der Waals surface area contributed by atoms with Crippen molar-refractivity contribution in [2.75, 3.05) is 7.11 Å². The maximum absolute atomic E-state index is 5.27. The minimum atomic E-state index is 0.351. The van der Waals surface area contributed by atoms with E-state index in [1.807, 2.05) is 0 Å². The Morgan fingerprint density at radius 1 is 1.50 bits per heavy atom. The zero-order valence-electron chi connectivity index (χ0n) is 9.81. The molecule has 2 rings (SSSR count). The second-order valence-electron chi connectivity index (χ2n) is 4.67. The first-order valence-corrected chi connectivity index (χ1v) is 7.31. The van der Waals surface area contributed by atoms with E-state index in [0.29, 0.717) is 5.54 Å². The average Bonchev–Trinajstić information content (AvgIpc) is 2.83. The Morgan fingerprint density at radius 3 is 2.75 bits per heavy atom. The molecule has 1 aliphatic rings. The Bertz CT molecular complexity index is 358. The zero-order chi connectivity index (χ0) is 11.6. The van der Waals surface area contributed by atoms with Crippen molar-refractivity contribution >= 4 is 27.3 Å². The molecule has 0 aromatic carbocycles. The summed E-state index contributed by atoms with van der Waals surface area (Å²) in [5, 5.41) is 4.64. The van der Waals surface area contributed by atoms with Crippen LogP contribution in [0.2, 0.25) is 0 Å². The molecule has 0 saturated heterocycles. The van der Waals surface area contributed by atoms with Gasteiger partial charge in [-0.2, -0.15) is 0 Å². The third kappa shape index (κ3) is 2.79. The predicted molar refractivity (Wildman–Crippen MR) is 72.3 cm³/mol. The summed E-state index contributed by atoms with van der Waals surface area (Å²) in [5.74, 6) is 0. The summed E-state index contributed by atoms with van der Waals surface area (Å²) in [6.45, 7) is 3.28. The van der Waals surface area contributed by atoms with Crippen LogP contribution in [0.3, 0.4) is 0 Å². The van der Waals surface area contributed by atoms with Crippen molar-refractivity contribution in [3.05, 3.63) is 15.4 Å². The fourth-order valence-electron chi connectivity index (χ4n) is 2.26. The van der Waals surface area contributed by atoms with E-state index < -0.39 is 0 Å². The van der Waals surface area contributed by atoms with Crippen molar-refractivity contribution in [1.82, 2.24) is 5.32 Å². The zero-order valence-corrected chi connectivity index (χ0v) is 12.2. The number of halogens is 1. The average molecular weight is 304 g/mol. The van der Waals surface area contributed by atoms with Crippen LogP contribution in [0.1, 0.15) is 37.5 Å². The Kier molecular flexibility index (Phi) is 3.93. The number of ether oxygens (including phenoxy) is 1. The summed E-state index contributed by atoms with van der Waals surface area (Å²) in [4.78, 5) is 1.33. The van der Waals surface area contributed by atoms with Crippen molar-refractivity contribution in [3.63, 3.8) is 0 Å². The number of methoxy groups -OCH3 is 1. The van der Waals surface area contributed by atoms with Gasteiger partial charge in [0.1, 0.15) is 0 Å². The normalized spacial score (nSPS) is 18.9. The molecule has 1 aliphatic carbocycles. The first-order valence-electron chi connectivity index (χ1n) is 5.70. The highest BCUT2D eigenvalue weighted by Crippen LogP contribution is 2.35. The van der Waals surface area contributed by atoms with Crippen molar-refractivity contribution < 1.29 is 4.74 Å². The van der Waals surface area contributed by atoms with Crippen LogP contribution in [0.5, 0.6) is 5.06 Å². The third-order valence-corrected chi connectivity index (χ3v) is 5.24. The van der Waals surface area contributed by atoms with Crippen LogP contribution in [-0.4, -0.2) is 12.6 Å². The molecule has 1 saturated carbocycles. The third-order valence-electron chi connectivity index (χ3n) is 3.29. The van der Waals surface area contributed by atoms with Gasteiger partial charge in [-0.1, -0.05) is 12.8 Å². The lowest BCUT2D eigenvalue weighted by molar-refractivity contribution is 0.364. The predicted octanol–water partition coefficient (Wildman–Crippen LogP) is 3.94. The van der Waals surface area contributed by atoms with E-state index in [1.165, 1.54) is 30.6 Å². The molecule has 1 fully saturated rings. The standard InChI is InChI=1S/C12H18BrNOS/c1-12(5-3-4-6-12)14-8-9-7-10(13)11(15-2)16-9/h7,14H,3-6,8H2,1-2H3. The molecule has 0 radical (unpaired) electrons. The molecule has 2 nitrogen and oxygen atoms in total. The van der Waals surface area contributed by atoms with Gasteiger partial charge < -0.3 is 10.1 Å². The minimum Gasteiger partial charge on any atom is -0.486 e. The lowest BCUT2D eigenvalue weighted by Crippen LogP contribution is -2.38. The van der Waals surface area contributed by atoms with Gasteiger partial charge in [0.05, 0.1) is 11.6 Å². The Morgan fingerprint density at radius 2 is 2.19 bits per heavy atom. The van der Waals surface area contributed by atoms with Crippen LogP contribution in [0.25, 0.3) is 0 Å². The van der Waals surface area contributed by atoms with Crippen LogP contribution >= 0.6 is 27.3 Å². The SMILES string of the molecule is COc1sc(CNC2(C)CCCC2)cc1Br. The van der Waals surface area contributed by atoms with E-state index in [1.54, 1.807) is 18.4 Å². The summed E-state index contributed by atoms with van der Waals surface area (Å²) < 4.78 is 6.33. The number of hydrogen-bond donors (Lipinski definition) is 1. The van der Waals surface area contributed by atoms with Crippen LogP contribution < -0.4 is 10.1 Å². The van der Waals surface area contributed by atoms with Gasteiger partial charge in [-0.25, -0.2) is 0 Å². The largest absolute Gasteiger partial charge is 0.486 e. The maximum Gasteiger partial charge on any atom is 0.188 e. The highest BCUT2D eigenvalue weighted by Gasteiger charge is 2.27. The molecule has 0 unspecified atom stereocenters. The molecule has 16 heavy (non-hydrogen) atoms. The molecule has 90 valence electrons. The molecule has 0 amide bonds. The maximum atomic E-state index is 5.27. The second kappa shape index (κ2) is 5.07. The number of rotatable bonds is 4. The summed E-state index contributed by atoms with van der Waals surface area (Å²) in [6.07, 6.45) is 5.33. The van der Waals surface area contributed by atoms with Gasteiger partial charge in [-0.15, -0.1) is 11.3 Å². The fourth-order valence-corrected chi connectivity index (χ4v) is 3.89. The highest BCUT2D eigenvalue weighted by molar-refractivity contribution is 9.10. The molecular weight excluding hydrogens is 286 g/mol. The number of hydrogen-bond acceptors (Lipinski definition) is 3. The van der Waals surface area contributed by atoms with Crippen molar-refractivity contribution in [2.45, 2.75) is 44.7 Å². The first kappa shape index (κ1) is 12.4. The van der Waals surface area contributed by atoms with E-state index in [2.05, 4.69) is 34.2 Å². The molecule has 0 aliphatic heterocycles. The molecule has 1 aromatic rings. The Labute approximate surface area is 110 Å². The van der Waals surface area contributed by atoms with E-state index >= 15 is 0 Å². The molecule has 0 spiro atoms. The Balaban J connectivity index is 1.93. The smallest absolute Gasteiger partial charge is 0.188 e. The van der Waals surface area contributed by atoms with Crippen molar-refractivity contribution in [3.8, 4) is 5.06 Å². The lowest BCUT2D eigenvalue weighted by atomic mass is 10.0. The van der Waals surface area contributed by atoms with Crippen molar-refractivity contribution in [2.24, 2.45) is 0 Å². The van der Waals surface area contributed by atoms with Crippen LogP contribution in [0.15, 0.2) is 10.5 Å². The topological polar surface area (TPSA) is 21.3 Å². The monoisotopic (exact) mass is 303 g/mol. The van der Waals surface area contributed by atoms with Crippen LogP contribution in [-0.2, 0) is 6.54 Å². The molecule has 4 heteroatoms. The summed E-state index contributed by atoms with van der Waals surface area (Å²) in [6, 6.07) is 2.15. The van der Waals surface area contributed by atoms with Gasteiger partial charge in [0, 0.05) is 17.0 Å². The highest BCUT2D eigenvalue weighted by atomic mass is 79.9. The summed E-state index contributed by atoms with van der Waals surface area (Å²) in [5.41, 5.74) is 0.351. The molecule has 0 atom stereocenters. The van der Waals surface area contributed by atoms with Gasteiger partial charge in [0.25, 0.3) is 0 Å². The van der Waals surface area contributed by atoms with Gasteiger partial charge in [0.15, 0.2) is 5.06 Å². The first-order chi connectivity index (χ1) is 7.63. The molecule has 1 aromatic heterocycles. The van der Waals surface area contributed by atoms with E-state index in [9.17, 15) is 0 Å². The van der Waals surface area contributed by atoms with E-state index in [4.69, 9.17) is 4.74 Å². The van der Waals surface area contributed by atoms with E-state index in [0.717, 1.165) is 16.1 Å². The number of nitrogens with one attached hydrogen (secondary N) is 1. The van der Waals surface area contributed by atoms with Gasteiger partial charge in [-0.3, -0.25) is 0 Å². The second-order valence-corrected chi connectivity index (χ2v) is 6.63.